The highest BCUT2D eigenvalue weighted by Crippen LogP contribution is 2.28. The molecule has 2 aromatic rings. The normalized spacial score (nSPS) is 10.3. The van der Waals surface area contributed by atoms with Gasteiger partial charge in [-0.2, -0.15) is 4.90 Å². The molecule has 0 aliphatic heterocycles. The van der Waals surface area contributed by atoms with Crippen LogP contribution in [0.2, 0.25) is 0 Å². The van der Waals surface area contributed by atoms with Gasteiger partial charge < -0.3 is 9.47 Å². The molecule has 0 radical (unpaired) electrons. The van der Waals surface area contributed by atoms with Crippen LogP contribution in [0.1, 0.15) is 26.7 Å². The Hall–Kier alpha value is -2.56. The molecule has 0 spiro atoms. The first-order valence-electron chi connectivity index (χ1n) is 7.80. The molecule has 0 aliphatic rings. The number of fused-ring (bicyclic) bond motifs is 1. The maximum Gasteiger partial charge on any atom is 0.424 e. The second-order valence-electron chi connectivity index (χ2n) is 5.06. The molecule has 2 amide bonds. The molecule has 5 nitrogen and oxygen atoms in total. The van der Waals surface area contributed by atoms with E-state index in [2.05, 4.69) is 0 Å². The third-order valence-electron chi connectivity index (χ3n) is 3.23. The number of carbonyl (C=O) groups is 2. The maximum atomic E-state index is 12.4. The molecule has 2 aromatic carbocycles. The van der Waals surface area contributed by atoms with Gasteiger partial charge in [-0.1, -0.05) is 50.2 Å². The number of amides is 2. The van der Waals surface area contributed by atoms with Gasteiger partial charge in [-0.15, -0.1) is 0 Å². The van der Waals surface area contributed by atoms with E-state index in [1.54, 1.807) is 12.1 Å². The second kappa shape index (κ2) is 8.17. The van der Waals surface area contributed by atoms with Crippen molar-refractivity contribution in [2.75, 3.05) is 18.1 Å². The fraction of sp³-hybridized carbons (Fsp3) is 0.333. The Bertz CT molecular complexity index is 658. The smallest absolute Gasteiger partial charge is 0.424 e. The number of carbonyl (C=O) groups excluding carboxylic acids is 2. The van der Waals surface area contributed by atoms with Gasteiger partial charge in [-0.05, 0) is 24.3 Å². The van der Waals surface area contributed by atoms with Crippen LogP contribution in [0.25, 0.3) is 10.8 Å². The van der Waals surface area contributed by atoms with Crippen molar-refractivity contribution in [1.82, 2.24) is 0 Å². The standard InChI is InChI=1S/C18H21NO4/c1-3-12-22-17(20)19(18(21)23-13-4-2)16-11-7-9-14-8-5-6-10-15(14)16/h5-11H,3-4,12-13H2,1-2H3. The van der Waals surface area contributed by atoms with Gasteiger partial charge in [0.2, 0.25) is 0 Å². The van der Waals surface area contributed by atoms with Gasteiger partial charge in [-0.25, -0.2) is 9.59 Å². The zero-order valence-electron chi connectivity index (χ0n) is 13.5. The Kier molecular flexibility index (Phi) is 5.97. The van der Waals surface area contributed by atoms with E-state index in [4.69, 9.17) is 9.47 Å². The van der Waals surface area contributed by atoms with Crippen LogP contribution in [0.3, 0.4) is 0 Å². The summed E-state index contributed by atoms with van der Waals surface area (Å²) in [6.45, 7) is 4.29. The summed E-state index contributed by atoms with van der Waals surface area (Å²) in [5.41, 5.74) is 0.463. The van der Waals surface area contributed by atoms with E-state index >= 15 is 0 Å². The lowest BCUT2D eigenvalue weighted by Gasteiger charge is -2.21. The minimum Gasteiger partial charge on any atom is -0.449 e. The molecule has 0 N–H and O–H groups in total. The van der Waals surface area contributed by atoms with Crippen molar-refractivity contribution in [3.8, 4) is 0 Å². The summed E-state index contributed by atoms with van der Waals surface area (Å²) in [5.74, 6) is 0. The molecule has 0 saturated heterocycles. The van der Waals surface area contributed by atoms with Gasteiger partial charge in [0.15, 0.2) is 0 Å². The number of imide groups is 1. The summed E-state index contributed by atoms with van der Waals surface area (Å²) in [5, 5.41) is 1.72. The fourth-order valence-corrected chi connectivity index (χ4v) is 2.18. The molecule has 23 heavy (non-hydrogen) atoms. The molecule has 0 unspecified atom stereocenters. The van der Waals surface area contributed by atoms with Crippen LogP contribution in [0, 0.1) is 0 Å². The molecule has 0 aromatic heterocycles. The number of anilines is 1. The Morgan fingerprint density at radius 1 is 0.870 bits per heavy atom. The largest absolute Gasteiger partial charge is 0.449 e. The van der Waals surface area contributed by atoms with E-state index < -0.39 is 12.2 Å². The first-order chi connectivity index (χ1) is 11.2. The third kappa shape index (κ3) is 4.00. The summed E-state index contributed by atoms with van der Waals surface area (Å²) in [7, 11) is 0. The highest BCUT2D eigenvalue weighted by Gasteiger charge is 2.27. The Balaban J connectivity index is 2.42. The number of ether oxygens (including phenoxy) is 2. The second-order valence-corrected chi connectivity index (χ2v) is 5.06. The van der Waals surface area contributed by atoms with Crippen molar-refractivity contribution in [2.45, 2.75) is 26.7 Å². The Morgan fingerprint density at radius 3 is 2.04 bits per heavy atom. The van der Waals surface area contributed by atoms with Gasteiger partial charge in [0.25, 0.3) is 0 Å². The van der Waals surface area contributed by atoms with Crippen LogP contribution in [0.15, 0.2) is 42.5 Å². The summed E-state index contributed by atoms with van der Waals surface area (Å²) in [6.07, 6.45) is -0.0771. The van der Waals surface area contributed by atoms with E-state index in [1.807, 2.05) is 44.2 Å². The van der Waals surface area contributed by atoms with Crippen LogP contribution in [-0.4, -0.2) is 25.4 Å². The molecule has 0 atom stereocenters. The predicted molar refractivity (Wildman–Crippen MR) is 89.7 cm³/mol. The van der Waals surface area contributed by atoms with E-state index in [9.17, 15) is 9.59 Å². The third-order valence-corrected chi connectivity index (χ3v) is 3.23. The lowest BCUT2D eigenvalue weighted by atomic mass is 10.1. The number of hydrogen-bond acceptors (Lipinski definition) is 4. The minimum atomic E-state index is -0.718. The maximum absolute atomic E-state index is 12.4. The number of benzene rings is 2. The summed E-state index contributed by atoms with van der Waals surface area (Å²) < 4.78 is 10.3. The zero-order chi connectivity index (χ0) is 16.7. The van der Waals surface area contributed by atoms with Crippen LogP contribution in [0.5, 0.6) is 0 Å². The average Bonchev–Trinajstić information content (AvgIpc) is 2.58. The number of rotatable bonds is 5. The summed E-state index contributed by atoms with van der Waals surface area (Å²) in [6, 6.07) is 13.0. The molecule has 0 saturated carbocycles. The minimum absolute atomic E-state index is 0.251. The van der Waals surface area contributed by atoms with Gasteiger partial charge in [0, 0.05) is 5.39 Å². The van der Waals surface area contributed by atoms with Crippen molar-refractivity contribution in [3.05, 3.63) is 42.5 Å². The van der Waals surface area contributed by atoms with Crippen LogP contribution in [0.4, 0.5) is 15.3 Å². The van der Waals surface area contributed by atoms with Gasteiger partial charge in [-0.3, -0.25) is 0 Å². The first kappa shape index (κ1) is 16.8. The van der Waals surface area contributed by atoms with Crippen molar-refractivity contribution >= 4 is 28.6 Å². The predicted octanol–water partition coefficient (Wildman–Crippen LogP) is 4.74. The molecule has 2 rings (SSSR count). The summed E-state index contributed by atoms with van der Waals surface area (Å²) >= 11 is 0. The van der Waals surface area contributed by atoms with Gasteiger partial charge in [0.05, 0.1) is 18.9 Å². The van der Waals surface area contributed by atoms with Crippen LogP contribution >= 0.6 is 0 Å². The molecule has 0 bridgehead atoms. The average molecular weight is 315 g/mol. The molecular weight excluding hydrogens is 294 g/mol. The highest BCUT2D eigenvalue weighted by atomic mass is 16.6. The molecule has 122 valence electrons. The van der Waals surface area contributed by atoms with E-state index in [-0.39, 0.29) is 13.2 Å². The molecule has 0 aliphatic carbocycles. The number of hydrogen-bond donors (Lipinski definition) is 0. The SMILES string of the molecule is CCCOC(=O)N(C(=O)OCCC)c1cccc2ccccc12. The van der Waals surface area contributed by atoms with E-state index in [0.717, 1.165) is 15.7 Å². The lowest BCUT2D eigenvalue weighted by Crippen LogP contribution is -2.38. The van der Waals surface area contributed by atoms with Crippen LogP contribution in [-0.2, 0) is 9.47 Å². The fourth-order valence-electron chi connectivity index (χ4n) is 2.18. The molecular formula is C18H21NO4. The summed E-state index contributed by atoms with van der Waals surface area (Å²) in [4.78, 5) is 25.7. The van der Waals surface area contributed by atoms with E-state index in [1.165, 1.54) is 0 Å². The van der Waals surface area contributed by atoms with Gasteiger partial charge in [0.1, 0.15) is 0 Å². The molecule has 0 fully saturated rings. The number of nitrogens with zero attached hydrogens (tertiary/aromatic N) is 1. The first-order valence-corrected chi connectivity index (χ1v) is 7.80. The Morgan fingerprint density at radius 2 is 1.43 bits per heavy atom. The van der Waals surface area contributed by atoms with Crippen molar-refractivity contribution in [3.63, 3.8) is 0 Å². The molecule has 5 heteroatoms. The lowest BCUT2D eigenvalue weighted by molar-refractivity contribution is 0.134. The van der Waals surface area contributed by atoms with Crippen LogP contribution < -0.4 is 4.90 Å². The molecule has 0 heterocycles. The van der Waals surface area contributed by atoms with Crippen molar-refractivity contribution in [1.29, 1.82) is 0 Å². The van der Waals surface area contributed by atoms with Gasteiger partial charge >= 0.3 is 12.2 Å². The monoisotopic (exact) mass is 315 g/mol. The quantitative estimate of drug-likeness (QED) is 0.799. The van der Waals surface area contributed by atoms with Crippen molar-refractivity contribution < 1.29 is 19.1 Å². The van der Waals surface area contributed by atoms with Crippen molar-refractivity contribution in [2.24, 2.45) is 0 Å². The highest BCUT2D eigenvalue weighted by molar-refractivity contribution is 6.14. The zero-order valence-corrected chi connectivity index (χ0v) is 13.5. The Labute approximate surface area is 135 Å². The topological polar surface area (TPSA) is 55.8 Å². The van der Waals surface area contributed by atoms with E-state index in [0.29, 0.717) is 18.5 Å².